The minimum atomic E-state index is -0.480. The first-order valence-electron chi connectivity index (χ1n) is 8.42. The molecule has 0 unspecified atom stereocenters. The zero-order chi connectivity index (χ0) is 20.7. The number of rotatable bonds is 3. The van der Waals surface area contributed by atoms with Crippen molar-refractivity contribution in [2.75, 3.05) is 5.73 Å². The zero-order valence-corrected chi connectivity index (χ0v) is 17.8. The van der Waals surface area contributed by atoms with Crippen LogP contribution in [0.5, 0.6) is 0 Å². The molecule has 2 aromatic carbocycles. The largest absolute Gasteiger partial charge is 0.399 e. The average molecular weight is 489 g/mol. The number of aromatic nitrogens is 2. The molecule has 0 amide bonds. The van der Waals surface area contributed by atoms with Crippen molar-refractivity contribution in [1.29, 1.82) is 0 Å². The molecule has 0 saturated carbocycles. The molecule has 5 nitrogen and oxygen atoms in total. The summed E-state index contributed by atoms with van der Waals surface area (Å²) in [6, 6.07) is 13.2. The lowest BCUT2D eigenvalue weighted by atomic mass is 10.0. The van der Waals surface area contributed by atoms with E-state index in [1.165, 1.54) is 10.8 Å². The number of anilines is 1. The van der Waals surface area contributed by atoms with Crippen LogP contribution in [0.3, 0.4) is 0 Å². The first kappa shape index (κ1) is 19.6. The van der Waals surface area contributed by atoms with Crippen LogP contribution in [-0.4, -0.2) is 21.2 Å². The standard InChI is InChI=1S/C21H12BrCl2N3O2/c22-12-8-14-15(19(28)11-3-1-4-13(25)7-11)10-27(20(14)26-9-12)21(29)18-16(23)5-2-6-17(18)24/h1-10H,25H2. The Morgan fingerprint density at radius 3 is 2.41 bits per heavy atom. The quantitative estimate of drug-likeness (QED) is 0.300. The van der Waals surface area contributed by atoms with Crippen LogP contribution in [0.1, 0.15) is 26.3 Å². The van der Waals surface area contributed by atoms with Crippen molar-refractivity contribution in [3.63, 3.8) is 0 Å². The van der Waals surface area contributed by atoms with E-state index in [0.717, 1.165) is 0 Å². The molecule has 29 heavy (non-hydrogen) atoms. The van der Waals surface area contributed by atoms with Crippen molar-refractivity contribution in [2.24, 2.45) is 0 Å². The normalized spacial score (nSPS) is 11.0. The first-order chi connectivity index (χ1) is 13.9. The van der Waals surface area contributed by atoms with Crippen LogP contribution in [0.4, 0.5) is 5.69 Å². The van der Waals surface area contributed by atoms with Crippen molar-refractivity contribution in [2.45, 2.75) is 0 Å². The Labute approximate surface area is 184 Å². The molecule has 144 valence electrons. The number of hydrogen-bond donors (Lipinski definition) is 1. The van der Waals surface area contributed by atoms with Crippen molar-refractivity contribution in [1.82, 2.24) is 9.55 Å². The summed E-state index contributed by atoms with van der Waals surface area (Å²) in [5.41, 5.74) is 7.47. The van der Waals surface area contributed by atoms with Gasteiger partial charge in [-0.3, -0.25) is 14.2 Å². The summed E-state index contributed by atoms with van der Waals surface area (Å²) in [6.07, 6.45) is 3.01. The Morgan fingerprint density at radius 2 is 1.72 bits per heavy atom. The summed E-state index contributed by atoms with van der Waals surface area (Å²) in [5.74, 6) is -0.758. The van der Waals surface area contributed by atoms with Gasteiger partial charge in [-0.15, -0.1) is 0 Å². The van der Waals surface area contributed by atoms with E-state index >= 15 is 0 Å². The molecular formula is C21H12BrCl2N3O2. The van der Waals surface area contributed by atoms with Crippen LogP contribution >= 0.6 is 39.1 Å². The molecule has 0 aliphatic rings. The lowest BCUT2D eigenvalue weighted by molar-refractivity contribution is 0.0964. The number of nitrogen functional groups attached to an aromatic ring is 1. The molecule has 2 N–H and O–H groups in total. The molecule has 0 fully saturated rings. The summed E-state index contributed by atoms with van der Waals surface area (Å²) in [7, 11) is 0. The number of halogens is 3. The Hall–Kier alpha value is -2.67. The molecule has 0 atom stereocenters. The third-order valence-electron chi connectivity index (χ3n) is 4.40. The Balaban J connectivity index is 1.93. The molecule has 0 radical (unpaired) electrons. The number of nitrogens with zero attached hydrogens (tertiary/aromatic N) is 2. The second-order valence-corrected chi connectivity index (χ2v) is 8.02. The van der Waals surface area contributed by atoms with E-state index < -0.39 is 5.91 Å². The Kier molecular flexibility index (Phi) is 5.17. The number of pyridine rings is 1. The van der Waals surface area contributed by atoms with Gasteiger partial charge in [0.15, 0.2) is 5.78 Å². The van der Waals surface area contributed by atoms with Gasteiger partial charge in [0.05, 0.1) is 21.2 Å². The molecule has 4 aromatic rings. The number of carbonyl (C=O) groups is 2. The summed E-state index contributed by atoms with van der Waals surface area (Å²) in [6.45, 7) is 0. The molecule has 0 bridgehead atoms. The van der Waals surface area contributed by atoms with E-state index in [-0.39, 0.29) is 21.4 Å². The van der Waals surface area contributed by atoms with Crippen LogP contribution in [0.25, 0.3) is 11.0 Å². The van der Waals surface area contributed by atoms with Gasteiger partial charge in [0, 0.05) is 33.5 Å². The van der Waals surface area contributed by atoms with Gasteiger partial charge < -0.3 is 5.73 Å². The van der Waals surface area contributed by atoms with Crippen LogP contribution in [0.15, 0.2) is 65.4 Å². The molecule has 0 saturated heterocycles. The van der Waals surface area contributed by atoms with E-state index in [0.29, 0.717) is 32.3 Å². The molecular weight excluding hydrogens is 477 g/mol. The topological polar surface area (TPSA) is 78.0 Å². The maximum absolute atomic E-state index is 13.2. The fraction of sp³-hybridized carbons (Fsp3) is 0. The van der Waals surface area contributed by atoms with Crippen molar-refractivity contribution >= 4 is 67.5 Å². The van der Waals surface area contributed by atoms with E-state index in [4.69, 9.17) is 28.9 Å². The van der Waals surface area contributed by atoms with Gasteiger partial charge in [0.25, 0.3) is 5.91 Å². The van der Waals surface area contributed by atoms with E-state index in [9.17, 15) is 9.59 Å². The second kappa shape index (κ2) is 7.63. The number of fused-ring (bicyclic) bond motifs is 1. The van der Waals surface area contributed by atoms with Crippen LogP contribution in [-0.2, 0) is 0 Å². The predicted octanol–water partition coefficient (Wildman–Crippen LogP) is 5.61. The number of nitrogens with two attached hydrogens (primary N) is 1. The lowest BCUT2D eigenvalue weighted by Crippen LogP contribution is -2.13. The average Bonchev–Trinajstić information content (AvgIpc) is 3.05. The molecule has 2 aromatic heterocycles. The highest BCUT2D eigenvalue weighted by Gasteiger charge is 2.24. The van der Waals surface area contributed by atoms with Crippen molar-refractivity contribution in [3.05, 3.63) is 92.1 Å². The Bertz CT molecular complexity index is 1280. The van der Waals surface area contributed by atoms with Gasteiger partial charge in [-0.25, -0.2) is 4.98 Å². The van der Waals surface area contributed by atoms with Gasteiger partial charge in [-0.2, -0.15) is 0 Å². The molecule has 0 aliphatic carbocycles. The Morgan fingerprint density at radius 1 is 1.03 bits per heavy atom. The smallest absolute Gasteiger partial charge is 0.266 e. The van der Waals surface area contributed by atoms with Crippen molar-refractivity contribution < 1.29 is 9.59 Å². The van der Waals surface area contributed by atoms with E-state index in [1.807, 2.05) is 0 Å². The van der Waals surface area contributed by atoms with Crippen LogP contribution in [0.2, 0.25) is 10.0 Å². The fourth-order valence-corrected chi connectivity index (χ4v) is 3.97. The fourth-order valence-electron chi connectivity index (χ4n) is 3.08. The van der Waals surface area contributed by atoms with Crippen LogP contribution in [0, 0.1) is 0 Å². The first-order valence-corrected chi connectivity index (χ1v) is 9.97. The summed E-state index contributed by atoms with van der Waals surface area (Å²) >= 11 is 15.8. The van der Waals surface area contributed by atoms with Gasteiger partial charge in [0.2, 0.25) is 0 Å². The molecule has 0 aliphatic heterocycles. The summed E-state index contributed by atoms with van der Waals surface area (Å²) in [5, 5.41) is 0.943. The maximum Gasteiger partial charge on any atom is 0.266 e. The van der Waals surface area contributed by atoms with Crippen molar-refractivity contribution in [3.8, 4) is 0 Å². The molecule has 8 heteroatoms. The van der Waals surface area contributed by atoms with Gasteiger partial charge >= 0.3 is 0 Å². The van der Waals surface area contributed by atoms with Gasteiger partial charge in [-0.05, 0) is 46.3 Å². The van der Waals surface area contributed by atoms with Gasteiger partial charge in [0.1, 0.15) is 5.65 Å². The minimum Gasteiger partial charge on any atom is -0.399 e. The third-order valence-corrected chi connectivity index (χ3v) is 5.46. The maximum atomic E-state index is 13.2. The zero-order valence-electron chi connectivity index (χ0n) is 14.7. The monoisotopic (exact) mass is 487 g/mol. The molecule has 2 heterocycles. The summed E-state index contributed by atoms with van der Waals surface area (Å²) in [4.78, 5) is 30.7. The molecule has 0 spiro atoms. The van der Waals surface area contributed by atoms with Gasteiger partial charge in [-0.1, -0.05) is 41.4 Å². The third kappa shape index (κ3) is 3.55. The van der Waals surface area contributed by atoms with E-state index in [1.54, 1.807) is 54.7 Å². The highest BCUT2D eigenvalue weighted by molar-refractivity contribution is 9.10. The minimum absolute atomic E-state index is 0.139. The highest BCUT2D eigenvalue weighted by Crippen LogP contribution is 2.30. The SMILES string of the molecule is Nc1cccc(C(=O)c2cn(C(=O)c3c(Cl)cccc3Cl)c3ncc(Br)cc23)c1. The van der Waals surface area contributed by atoms with E-state index in [2.05, 4.69) is 20.9 Å². The number of carbonyl (C=O) groups excluding carboxylic acids is 2. The second-order valence-electron chi connectivity index (χ2n) is 6.29. The highest BCUT2D eigenvalue weighted by atomic mass is 79.9. The molecule has 4 rings (SSSR count). The number of ketones is 1. The van der Waals surface area contributed by atoms with Crippen LogP contribution < -0.4 is 5.73 Å². The summed E-state index contributed by atoms with van der Waals surface area (Å²) < 4.78 is 1.96. The lowest BCUT2D eigenvalue weighted by Gasteiger charge is -2.07. The number of hydrogen-bond acceptors (Lipinski definition) is 4. The predicted molar refractivity (Wildman–Crippen MR) is 118 cm³/mol. The number of benzene rings is 2.